The molecule has 1 aliphatic rings. The van der Waals surface area contributed by atoms with E-state index in [1.807, 2.05) is 0 Å². The number of nitrogens with one attached hydrogen (secondary N) is 1. The lowest BCUT2D eigenvalue weighted by atomic mass is 9.96. The topological polar surface area (TPSA) is 58.6 Å². The van der Waals surface area contributed by atoms with E-state index in [1.54, 1.807) is 7.05 Å². The normalized spacial score (nSPS) is 17.8. The molecule has 120 valence electrons. The van der Waals surface area contributed by atoms with Crippen LogP contribution < -0.4 is 4.72 Å². The van der Waals surface area contributed by atoms with Gasteiger partial charge in [-0.1, -0.05) is 32.6 Å². The third-order valence-electron chi connectivity index (χ3n) is 3.86. The molecule has 0 aliphatic heterocycles. The molecule has 0 aromatic rings. The maximum atomic E-state index is 12.1. The second-order valence-corrected chi connectivity index (χ2v) is 7.34. The Hall–Kier alpha value is -0.170. The lowest BCUT2D eigenvalue weighted by Gasteiger charge is -2.30. The van der Waals surface area contributed by atoms with Crippen LogP contribution in [0.15, 0.2) is 0 Å². The Morgan fingerprint density at radius 1 is 1.15 bits per heavy atom. The van der Waals surface area contributed by atoms with E-state index in [-0.39, 0.29) is 6.04 Å². The highest BCUT2D eigenvalue weighted by atomic mass is 32.2. The molecule has 0 spiro atoms. The minimum Gasteiger partial charge on any atom is -0.381 e. The summed E-state index contributed by atoms with van der Waals surface area (Å²) in [6.45, 7) is 3.96. The Morgan fingerprint density at radius 2 is 1.80 bits per heavy atom. The molecule has 1 rings (SSSR count). The summed E-state index contributed by atoms with van der Waals surface area (Å²) in [7, 11) is -1.64. The average molecular weight is 306 g/mol. The van der Waals surface area contributed by atoms with E-state index in [0.717, 1.165) is 51.6 Å². The van der Waals surface area contributed by atoms with Crippen molar-refractivity contribution in [2.45, 2.75) is 64.3 Å². The van der Waals surface area contributed by atoms with Crippen LogP contribution in [0, 0.1) is 0 Å². The zero-order valence-electron chi connectivity index (χ0n) is 12.9. The molecule has 1 N–H and O–H groups in total. The van der Waals surface area contributed by atoms with Gasteiger partial charge in [0.05, 0.1) is 0 Å². The summed E-state index contributed by atoms with van der Waals surface area (Å²) in [5.41, 5.74) is 0. The summed E-state index contributed by atoms with van der Waals surface area (Å²) < 4.78 is 33.9. The Labute approximate surface area is 124 Å². The number of rotatable bonds is 10. The van der Waals surface area contributed by atoms with E-state index in [9.17, 15) is 8.42 Å². The minimum absolute atomic E-state index is 0.169. The van der Waals surface area contributed by atoms with Gasteiger partial charge in [-0.2, -0.15) is 12.7 Å². The zero-order valence-corrected chi connectivity index (χ0v) is 13.8. The minimum atomic E-state index is -3.33. The van der Waals surface area contributed by atoms with Gasteiger partial charge in [-0.3, -0.25) is 0 Å². The first kappa shape index (κ1) is 17.9. The molecule has 20 heavy (non-hydrogen) atoms. The molecular formula is C14H30N2O3S. The number of unbranched alkanes of at least 4 members (excludes halogenated alkanes) is 1. The Morgan fingerprint density at radius 3 is 2.45 bits per heavy atom. The number of hydrogen-bond donors (Lipinski definition) is 1. The molecule has 0 bridgehead atoms. The van der Waals surface area contributed by atoms with Gasteiger partial charge in [0.15, 0.2) is 0 Å². The lowest BCUT2D eigenvalue weighted by molar-refractivity contribution is 0.129. The SMILES string of the molecule is CCCCOCCCNS(=O)(=O)N(C)C1CCCCC1. The van der Waals surface area contributed by atoms with Crippen molar-refractivity contribution in [2.75, 3.05) is 26.8 Å². The van der Waals surface area contributed by atoms with Gasteiger partial charge >= 0.3 is 0 Å². The van der Waals surface area contributed by atoms with Gasteiger partial charge in [0.25, 0.3) is 10.2 Å². The Bertz CT molecular complexity index is 340. The summed E-state index contributed by atoms with van der Waals surface area (Å²) in [6.07, 6.45) is 8.38. The van der Waals surface area contributed by atoms with E-state index in [1.165, 1.54) is 10.7 Å². The van der Waals surface area contributed by atoms with Crippen LogP contribution in [-0.4, -0.2) is 45.6 Å². The number of hydrogen-bond acceptors (Lipinski definition) is 3. The number of nitrogens with zero attached hydrogens (tertiary/aromatic N) is 1. The van der Waals surface area contributed by atoms with Crippen molar-refractivity contribution in [3.63, 3.8) is 0 Å². The van der Waals surface area contributed by atoms with Crippen molar-refractivity contribution >= 4 is 10.2 Å². The highest BCUT2D eigenvalue weighted by molar-refractivity contribution is 7.87. The van der Waals surface area contributed by atoms with E-state index >= 15 is 0 Å². The van der Waals surface area contributed by atoms with Crippen LogP contribution in [-0.2, 0) is 14.9 Å². The monoisotopic (exact) mass is 306 g/mol. The van der Waals surface area contributed by atoms with E-state index < -0.39 is 10.2 Å². The summed E-state index contributed by atoms with van der Waals surface area (Å²) >= 11 is 0. The average Bonchev–Trinajstić information content (AvgIpc) is 2.46. The predicted molar refractivity (Wildman–Crippen MR) is 81.9 cm³/mol. The standard InChI is InChI=1S/C14H30N2O3S/c1-3-4-12-19-13-8-11-15-20(17,18)16(2)14-9-6-5-7-10-14/h14-15H,3-13H2,1-2H3. The first-order valence-corrected chi connectivity index (χ1v) is 9.32. The van der Waals surface area contributed by atoms with Crippen molar-refractivity contribution in [2.24, 2.45) is 0 Å². The molecule has 0 radical (unpaired) electrons. The molecule has 6 heteroatoms. The quantitative estimate of drug-likeness (QED) is 0.630. The molecular weight excluding hydrogens is 276 g/mol. The molecule has 0 atom stereocenters. The molecule has 5 nitrogen and oxygen atoms in total. The van der Waals surface area contributed by atoms with Crippen molar-refractivity contribution in [3.8, 4) is 0 Å². The van der Waals surface area contributed by atoms with Crippen molar-refractivity contribution in [1.29, 1.82) is 0 Å². The van der Waals surface area contributed by atoms with Gasteiger partial charge in [0, 0.05) is 32.8 Å². The summed E-state index contributed by atoms with van der Waals surface area (Å²) in [6, 6.07) is 0.169. The van der Waals surface area contributed by atoms with Crippen LogP contribution in [0.25, 0.3) is 0 Å². The van der Waals surface area contributed by atoms with Crippen LogP contribution in [0.3, 0.4) is 0 Å². The third kappa shape index (κ3) is 6.52. The second kappa shape index (κ2) is 9.71. The molecule has 0 unspecified atom stereocenters. The van der Waals surface area contributed by atoms with Gasteiger partial charge in [-0.15, -0.1) is 0 Å². The van der Waals surface area contributed by atoms with Crippen LogP contribution in [0.1, 0.15) is 58.3 Å². The van der Waals surface area contributed by atoms with Crippen LogP contribution in [0.2, 0.25) is 0 Å². The van der Waals surface area contributed by atoms with Crippen LogP contribution in [0.4, 0.5) is 0 Å². The smallest absolute Gasteiger partial charge is 0.279 e. The predicted octanol–water partition coefficient (Wildman–Crippen LogP) is 2.29. The summed E-state index contributed by atoms with van der Waals surface area (Å²) in [4.78, 5) is 0. The van der Waals surface area contributed by atoms with Gasteiger partial charge in [0.1, 0.15) is 0 Å². The maximum Gasteiger partial charge on any atom is 0.279 e. The van der Waals surface area contributed by atoms with Gasteiger partial charge < -0.3 is 4.74 Å². The Kier molecular flexibility index (Phi) is 8.68. The van der Waals surface area contributed by atoms with Gasteiger partial charge in [-0.25, -0.2) is 4.72 Å². The molecule has 1 aliphatic carbocycles. The van der Waals surface area contributed by atoms with E-state index in [2.05, 4.69) is 11.6 Å². The Balaban J connectivity index is 2.19. The molecule has 0 aromatic heterocycles. The van der Waals surface area contributed by atoms with Crippen LogP contribution in [0.5, 0.6) is 0 Å². The first-order chi connectivity index (χ1) is 9.58. The molecule has 0 aromatic carbocycles. The largest absolute Gasteiger partial charge is 0.381 e. The summed E-state index contributed by atoms with van der Waals surface area (Å²) in [5, 5.41) is 0. The van der Waals surface area contributed by atoms with Crippen molar-refractivity contribution in [1.82, 2.24) is 9.03 Å². The fourth-order valence-corrected chi connectivity index (χ4v) is 3.68. The van der Waals surface area contributed by atoms with E-state index in [4.69, 9.17) is 4.74 Å². The maximum absolute atomic E-state index is 12.1. The molecule has 0 amide bonds. The molecule has 1 saturated carbocycles. The van der Waals surface area contributed by atoms with Gasteiger partial charge in [-0.05, 0) is 25.7 Å². The molecule has 1 fully saturated rings. The van der Waals surface area contributed by atoms with Crippen LogP contribution >= 0.6 is 0 Å². The zero-order chi connectivity index (χ0) is 14.8. The van der Waals surface area contributed by atoms with E-state index in [0.29, 0.717) is 13.2 Å². The van der Waals surface area contributed by atoms with Crippen molar-refractivity contribution < 1.29 is 13.2 Å². The van der Waals surface area contributed by atoms with Crippen molar-refractivity contribution in [3.05, 3.63) is 0 Å². The highest BCUT2D eigenvalue weighted by Crippen LogP contribution is 2.22. The fourth-order valence-electron chi connectivity index (χ4n) is 2.47. The van der Waals surface area contributed by atoms with Gasteiger partial charge in [0.2, 0.25) is 0 Å². The fraction of sp³-hybridized carbons (Fsp3) is 1.00. The molecule has 0 heterocycles. The summed E-state index contributed by atoms with van der Waals surface area (Å²) in [5.74, 6) is 0. The highest BCUT2D eigenvalue weighted by Gasteiger charge is 2.26. The molecule has 0 saturated heterocycles. The first-order valence-electron chi connectivity index (χ1n) is 7.88. The number of ether oxygens (including phenoxy) is 1. The second-order valence-electron chi connectivity index (χ2n) is 5.53. The lowest BCUT2D eigenvalue weighted by Crippen LogP contribution is -2.45. The third-order valence-corrected chi connectivity index (χ3v) is 5.49.